The zero-order valence-electron chi connectivity index (χ0n) is 14.7. The molecule has 1 amide bonds. The summed E-state index contributed by atoms with van der Waals surface area (Å²) in [6.07, 6.45) is 4.83. The van der Waals surface area contributed by atoms with Crippen LogP contribution in [0.5, 0.6) is 0 Å². The molecule has 1 aliphatic heterocycles. The Bertz CT molecular complexity index is 856. The summed E-state index contributed by atoms with van der Waals surface area (Å²) in [5, 5.41) is 2.86. The topological polar surface area (TPSA) is 78.5 Å². The maximum Gasteiger partial charge on any atom is 0.255 e. The second-order valence-corrected chi connectivity index (χ2v) is 8.25. The Balaban J connectivity index is 1.62. The van der Waals surface area contributed by atoms with Gasteiger partial charge in [0.15, 0.2) is 0 Å². The normalized spacial score (nSPS) is 14.7. The second-order valence-electron chi connectivity index (χ2n) is 6.50. The van der Waals surface area contributed by atoms with E-state index in [-0.39, 0.29) is 5.91 Å². The lowest BCUT2D eigenvalue weighted by molar-refractivity contribution is 0.102. The quantitative estimate of drug-likeness (QED) is 0.843. The minimum absolute atomic E-state index is 0.235. The van der Waals surface area contributed by atoms with Gasteiger partial charge in [-0.3, -0.25) is 9.52 Å². The molecule has 7 heteroatoms. The number of piperidine rings is 1. The first-order valence-corrected chi connectivity index (χ1v) is 10.5. The molecule has 0 unspecified atom stereocenters. The first kappa shape index (κ1) is 18.3. The summed E-state index contributed by atoms with van der Waals surface area (Å²) in [6, 6.07) is 14.2. The lowest BCUT2D eigenvalue weighted by Gasteiger charge is -2.28. The molecule has 26 heavy (non-hydrogen) atoms. The zero-order valence-corrected chi connectivity index (χ0v) is 15.6. The highest BCUT2D eigenvalue weighted by molar-refractivity contribution is 7.92. The molecule has 2 aromatic carbocycles. The molecule has 6 nitrogen and oxygen atoms in total. The van der Waals surface area contributed by atoms with Gasteiger partial charge in [-0.25, -0.2) is 8.42 Å². The number of nitrogens with zero attached hydrogens (tertiary/aromatic N) is 1. The van der Waals surface area contributed by atoms with Crippen molar-refractivity contribution >= 4 is 33.0 Å². The molecule has 0 aromatic heterocycles. The van der Waals surface area contributed by atoms with Crippen LogP contribution in [0.1, 0.15) is 29.6 Å². The van der Waals surface area contributed by atoms with E-state index < -0.39 is 10.0 Å². The van der Waals surface area contributed by atoms with Crippen molar-refractivity contribution in [2.75, 3.05) is 34.3 Å². The number of nitrogens with one attached hydrogen (secondary N) is 2. The lowest BCUT2D eigenvalue weighted by atomic mass is 10.1. The standard InChI is InChI=1S/C19H23N3O3S/c1-26(24,25)21-17-7-5-15(6-8-17)19(23)20-16-9-11-18(12-10-16)22-13-3-2-4-14-22/h5-12,21H,2-4,13-14H2,1H3,(H,20,23). The van der Waals surface area contributed by atoms with Crippen molar-refractivity contribution in [3.05, 3.63) is 54.1 Å². The molecule has 1 aliphatic rings. The Morgan fingerprint density at radius 3 is 2.04 bits per heavy atom. The molecule has 0 radical (unpaired) electrons. The number of hydrogen-bond donors (Lipinski definition) is 2. The molecular weight excluding hydrogens is 350 g/mol. The van der Waals surface area contributed by atoms with Crippen LogP contribution in [-0.2, 0) is 10.0 Å². The van der Waals surface area contributed by atoms with Gasteiger partial charge in [0.05, 0.1) is 6.26 Å². The number of carbonyl (C=O) groups is 1. The third kappa shape index (κ3) is 4.98. The van der Waals surface area contributed by atoms with Gasteiger partial charge in [0.1, 0.15) is 0 Å². The number of rotatable bonds is 5. The summed E-state index contributed by atoms with van der Waals surface area (Å²) in [5.74, 6) is -0.235. The Morgan fingerprint density at radius 1 is 0.885 bits per heavy atom. The van der Waals surface area contributed by atoms with Crippen LogP contribution < -0.4 is 14.9 Å². The average molecular weight is 373 g/mol. The Kier molecular flexibility index (Phi) is 5.46. The lowest BCUT2D eigenvalue weighted by Crippen LogP contribution is -2.29. The predicted molar refractivity (Wildman–Crippen MR) is 105 cm³/mol. The minimum Gasteiger partial charge on any atom is -0.372 e. The van der Waals surface area contributed by atoms with Crippen LogP contribution >= 0.6 is 0 Å². The summed E-state index contributed by atoms with van der Waals surface area (Å²) in [5.41, 5.74) is 2.80. The van der Waals surface area contributed by atoms with Crippen LogP contribution in [0.2, 0.25) is 0 Å². The summed E-state index contributed by atoms with van der Waals surface area (Å²) < 4.78 is 24.8. The van der Waals surface area contributed by atoms with Gasteiger partial charge in [-0.15, -0.1) is 0 Å². The van der Waals surface area contributed by atoms with Gasteiger partial charge in [-0.05, 0) is 67.8 Å². The highest BCUT2D eigenvalue weighted by Gasteiger charge is 2.11. The van der Waals surface area contributed by atoms with Crippen molar-refractivity contribution in [2.24, 2.45) is 0 Å². The number of anilines is 3. The number of hydrogen-bond acceptors (Lipinski definition) is 4. The first-order valence-electron chi connectivity index (χ1n) is 8.65. The molecular formula is C19H23N3O3S. The highest BCUT2D eigenvalue weighted by atomic mass is 32.2. The molecule has 0 aliphatic carbocycles. The third-order valence-electron chi connectivity index (χ3n) is 4.30. The summed E-state index contributed by atoms with van der Waals surface area (Å²) in [6.45, 7) is 2.17. The van der Waals surface area contributed by atoms with Crippen LogP contribution in [0.3, 0.4) is 0 Å². The number of amides is 1. The molecule has 0 bridgehead atoms. The molecule has 138 valence electrons. The van der Waals surface area contributed by atoms with Gasteiger partial charge in [-0.1, -0.05) is 0 Å². The molecule has 2 N–H and O–H groups in total. The van der Waals surface area contributed by atoms with Crippen molar-refractivity contribution in [2.45, 2.75) is 19.3 Å². The van der Waals surface area contributed by atoms with Crippen LogP contribution in [0, 0.1) is 0 Å². The molecule has 3 rings (SSSR count). The van der Waals surface area contributed by atoms with Crippen molar-refractivity contribution in [1.82, 2.24) is 0 Å². The molecule has 1 heterocycles. The van der Waals surface area contributed by atoms with Crippen LogP contribution in [0.15, 0.2) is 48.5 Å². The minimum atomic E-state index is -3.33. The summed E-state index contributed by atoms with van der Waals surface area (Å²) >= 11 is 0. The smallest absolute Gasteiger partial charge is 0.255 e. The van der Waals surface area contributed by atoms with E-state index in [2.05, 4.69) is 14.9 Å². The largest absolute Gasteiger partial charge is 0.372 e. The maximum atomic E-state index is 12.3. The number of sulfonamides is 1. The molecule has 0 atom stereocenters. The Morgan fingerprint density at radius 2 is 1.46 bits per heavy atom. The first-order chi connectivity index (χ1) is 12.4. The van der Waals surface area contributed by atoms with Crippen molar-refractivity contribution < 1.29 is 13.2 Å². The van der Waals surface area contributed by atoms with E-state index in [1.54, 1.807) is 24.3 Å². The average Bonchev–Trinajstić information content (AvgIpc) is 2.62. The van der Waals surface area contributed by atoms with E-state index in [0.29, 0.717) is 11.3 Å². The third-order valence-corrected chi connectivity index (χ3v) is 4.90. The Hall–Kier alpha value is -2.54. The molecule has 0 saturated carbocycles. The van der Waals surface area contributed by atoms with Gasteiger partial charge in [0.25, 0.3) is 5.91 Å². The summed E-state index contributed by atoms with van der Waals surface area (Å²) in [4.78, 5) is 14.7. The molecule has 1 fully saturated rings. The van der Waals surface area contributed by atoms with E-state index >= 15 is 0 Å². The number of carbonyl (C=O) groups excluding carboxylic acids is 1. The van der Waals surface area contributed by atoms with Gasteiger partial charge < -0.3 is 10.2 Å². The fourth-order valence-corrected chi connectivity index (χ4v) is 3.58. The van der Waals surface area contributed by atoms with Crippen molar-refractivity contribution in [3.8, 4) is 0 Å². The Labute approximate surface area is 154 Å². The van der Waals surface area contributed by atoms with Crippen LogP contribution in [0.4, 0.5) is 17.1 Å². The van der Waals surface area contributed by atoms with Gasteiger partial charge in [0, 0.05) is 35.7 Å². The van der Waals surface area contributed by atoms with Gasteiger partial charge in [-0.2, -0.15) is 0 Å². The second kappa shape index (κ2) is 7.78. The summed E-state index contributed by atoms with van der Waals surface area (Å²) in [7, 11) is -3.33. The highest BCUT2D eigenvalue weighted by Crippen LogP contribution is 2.22. The zero-order chi connectivity index (χ0) is 18.6. The SMILES string of the molecule is CS(=O)(=O)Nc1ccc(C(=O)Nc2ccc(N3CCCCC3)cc2)cc1. The fourth-order valence-electron chi connectivity index (χ4n) is 3.01. The van der Waals surface area contributed by atoms with Crippen molar-refractivity contribution in [1.29, 1.82) is 0 Å². The van der Waals surface area contributed by atoms with Crippen molar-refractivity contribution in [3.63, 3.8) is 0 Å². The maximum absolute atomic E-state index is 12.3. The molecule has 2 aromatic rings. The van der Waals surface area contributed by atoms with E-state index in [1.165, 1.54) is 24.9 Å². The van der Waals surface area contributed by atoms with E-state index in [4.69, 9.17) is 0 Å². The van der Waals surface area contributed by atoms with Crippen LogP contribution in [-0.4, -0.2) is 33.7 Å². The van der Waals surface area contributed by atoms with Gasteiger partial charge >= 0.3 is 0 Å². The molecule has 1 saturated heterocycles. The van der Waals surface area contributed by atoms with E-state index in [0.717, 1.165) is 25.0 Å². The van der Waals surface area contributed by atoms with E-state index in [1.807, 2.05) is 24.3 Å². The fraction of sp³-hybridized carbons (Fsp3) is 0.316. The molecule has 0 spiro atoms. The number of benzene rings is 2. The van der Waals surface area contributed by atoms with E-state index in [9.17, 15) is 13.2 Å². The van der Waals surface area contributed by atoms with Gasteiger partial charge in [0.2, 0.25) is 10.0 Å². The monoisotopic (exact) mass is 373 g/mol. The predicted octanol–water partition coefficient (Wildman–Crippen LogP) is 3.30. The van der Waals surface area contributed by atoms with Crippen LogP contribution in [0.25, 0.3) is 0 Å².